The lowest BCUT2D eigenvalue weighted by Gasteiger charge is -2.27. The normalized spacial score (nSPS) is 10.8. The number of nitro benzene ring substituents is 1. The van der Waals surface area contributed by atoms with Crippen LogP contribution in [0, 0.1) is 10.1 Å². The molecule has 0 aliphatic heterocycles. The van der Waals surface area contributed by atoms with Gasteiger partial charge in [-0.05, 0) is 49.1 Å². The van der Waals surface area contributed by atoms with E-state index in [0.29, 0.717) is 18.7 Å². The van der Waals surface area contributed by atoms with Crippen molar-refractivity contribution in [1.29, 1.82) is 0 Å². The first kappa shape index (κ1) is 26.6. The Labute approximate surface area is 194 Å². The third-order valence-electron chi connectivity index (χ3n) is 5.78. The van der Waals surface area contributed by atoms with Crippen molar-refractivity contribution in [2.45, 2.75) is 51.6 Å². The first-order chi connectivity index (χ1) is 14.3. The van der Waals surface area contributed by atoms with E-state index in [1.54, 1.807) is 12.0 Å². The van der Waals surface area contributed by atoms with Gasteiger partial charge in [0.05, 0.1) is 17.6 Å². The van der Waals surface area contributed by atoms with Gasteiger partial charge in [-0.15, -0.1) is 0 Å². The van der Waals surface area contributed by atoms with Crippen molar-refractivity contribution in [2.75, 3.05) is 13.7 Å². The summed E-state index contributed by atoms with van der Waals surface area (Å²) in [6, 6.07) is 13.4. The number of nitrogens with zero attached hydrogens (tertiary/aromatic N) is 2. The number of carbonyl (C=O) groups excluding carboxylic acids is 1. The molecule has 2 aromatic carbocycles. The zero-order chi connectivity index (χ0) is 22.1. The van der Waals surface area contributed by atoms with Crippen LogP contribution in [-0.4, -0.2) is 34.9 Å². The zero-order valence-corrected chi connectivity index (χ0v) is 20.1. The Morgan fingerprint density at radius 3 is 2.16 bits per heavy atom. The Kier molecular flexibility index (Phi) is 10.6. The topological polar surface area (TPSA) is 100 Å². The number of carbonyl (C=O) groups is 1. The summed E-state index contributed by atoms with van der Waals surface area (Å²) < 4.78 is 5.21. The molecule has 0 radical (unpaired) electrons. The van der Waals surface area contributed by atoms with Crippen LogP contribution in [0.15, 0.2) is 48.5 Å². The summed E-state index contributed by atoms with van der Waals surface area (Å²) in [5, 5.41) is 10.9. The lowest BCUT2D eigenvalue weighted by molar-refractivity contribution is -0.481. The van der Waals surface area contributed by atoms with Gasteiger partial charge >= 0.3 is 0 Å². The maximum atomic E-state index is 13.2. The minimum atomic E-state index is -0.466. The Morgan fingerprint density at radius 2 is 1.68 bits per heavy atom. The number of methoxy groups -OCH3 is 1. The Balaban J connectivity index is 0.00000480. The molecule has 2 rings (SSSR count). The third-order valence-corrected chi connectivity index (χ3v) is 5.78. The molecule has 0 heterocycles. The number of halogens is 1. The van der Waals surface area contributed by atoms with E-state index in [0.717, 1.165) is 37.0 Å². The van der Waals surface area contributed by atoms with Crippen LogP contribution in [-0.2, 0) is 6.54 Å². The van der Waals surface area contributed by atoms with Gasteiger partial charge in [-0.3, -0.25) is 14.9 Å². The largest absolute Gasteiger partial charge is 1.00 e. The number of benzene rings is 2. The molecule has 31 heavy (non-hydrogen) atoms. The highest BCUT2D eigenvalue weighted by molar-refractivity contribution is 5.94. The van der Waals surface area contributed by atoms with Gasteiger partial charge in [0.25, 0.3) is 11.6 Å². The van der Waals surface area contributed by atoms with Crippen LogP contribution in [0.2, 0.25) is 0 Å². The molecule has 0 fully saturated rings. The van der Waals surface area contributed by atoms with Gasteiger partial charge in [0.15, 0.2) is 0 Å². The maximum absolute atomic E-state index is 13.2. The van der Waals surface area contributed by atoms with Crippen LogP contribution in [0.25, 0.3) is 0 Å². The van der Waals surface area contributed by atoms with Crippen LogP contribution in [0.4, 0.5) is 5.69 Å². The van der Waals surface area contributed by atoms with Crippen LogP contribution in [0.5, 0.6) is 5.75 Å². The summed E-state index contributed by atoms with van der Waals surface area (Å²) in [6.07, 6.45) is 3.78. The zero-order valence-electron chi connectivity index (χ0n) is 18.5. The second-order valence-corrected chi connectivity index (χ2v) is 7.69. The molecule has 0 spiro atoms. The molecular formula is C23H32BrN3O4. The van der Waals surface area contributed by atoms with Gasteiger partial charge in [-0.1, -0.05) is 26.0 Å². The van der Waals surface area contributed by atoms with Gasteiger partial charge in [0.2, 0.25) is 0 Å². The van der Waals surface area contributed by atoms with E-state index in [9.17, 15) is 14.9 Å². The van der Waals surface area contributed by atoms with Crippen LogP contribution >= 0.6 is 0 Å². The fourth-order valence-electron chi connectivity index (χ4n) is 3.36. The number of hydrogen-bond donors (Lipinski definition) is 1. The number of non-ortho nitro benzene ring substituents is 1. The SMILES string of the molecule is CCC([NH3+])(CC)CCCN(Cc1ccc(OC)cc1)C(=O)c1ccc([N+](=O)[O-])cc1.[Br-]. The maximum Gasteiger partial charge on any atom is 0.269 e. The molecule has 7 nitrogen and oxygen atoms in total. The minimum Gasteiger partial charge on any atom is -1.00 e. The Morgan fingerprint density at radius 1 is 1.10 bits per heavy atom. The average Bonchev–Trinajstić information content (AvgIpc) is 2.78. The standard InChI is InChI=1S/C23H31N3O4.BrH/c1-4-23(24,5-2)15-6-16-25(17-18-7-13-21(30-3)14-8-18)22(27)19-9-11-20(12-10-19)26(28)29;/h7-14H,4-6,15-17,24H2,1-3H3;1H. The van der Waals surface area contributed by atoms with E-state index < -0.39 is 4.92 Å². The van der Waals surface area contributed by atoms with Crippen LogP contribution in [0.3, 0.4) is 0 Å². The molecule has 8 heteroatoms. The van der Waals surface area contributed by atoms with Gasteiger partial charge < -0.3 is 32.4 Å². The monoisotopic (exact) mass is 493 g/mol. The highest BCUT2D eigenvalue weighted by Crippen LogP contribution is 2.20. The first-order valence-electron chi connectivity index (χ1n) is 10.3. The smallest absolute Gasteiger partial charge is 0.269 e. The van der Waals surface area contributed by atoms with Gasteiger partial charge in [0, 0.05) is 37.2 Å². The first-order valence-corrected chi connectivity index (χ1v) is 10.3. The number of hydrogen-bond acceptors (Lipinski definition) is 4. The lowest BCUT2D eigenvalue weighted by atomic mass is 9.89. The summed E-state index contributed by atoms with van der Waals surface area (Å²) in [6.45, 7) is 5.35. The summed E-state index contributed by atoms with van der Waals surface area (Å²) >= 11 is 0. The molecule has 170 valence electrons. The molecule has 2 aromatic rings. The van der Waals surface area contributed by atoms with Crippen molar-refractivity contribution in [3.63, 3.8) is 0 Å². The number of ether oxygens (including phenoxy) is 1. The van der Waals surface area contributed by atoms with Gasteiger partial charge in [0.1, 0.15) is 5.75 Å². The van der Waals surface area contributed by atoms with E-state index in [2.05, 4.69) is 19.6 Å². The van der Waals surface area contributed by atoms with E-state index in [4.69, 9.17) is 4.74 Å². The number of rotatable bonds is 11. The summed E-state index contributed by atoms with van der Waals surface area (Å²) in [4.78, 5) is 25.4. The molecule has 0 saturated heterocycles. The van der Waals surface area contributed by atoms with Crippen molar-refractivity contribution < 1.29 is 37.2 Å². The summed E-state index contributed by atoms with van der Waals surface area (Å²) in [5.41, 5.74) is 5.80. The summed E-state index contributed by atoms with van der Waals surface area (Å²) in [7, 11) is 1.62. The number of quaternary nitrogens is 1. The number of nitro groups is 1. The highest BCUT2D eigenvalue weighted by atomic mass is 79.9. The van der Waals surface area contributed by atoms with E-state index in [1.165, 1.54) is 24.3 Å². The van der Waals surface area contributed by atoms with E-state index in [-0.39, 0.29) is 34.1 Å². The molecule has 1 amide bonds. The van der Waals surface area contributed by atoms with Gasteiger partial charge in [-0.25, -0.2) is 0 Å². The third kappa shape index (κ3) is 7.63. The molecule has 0 aromatic heterocycles. The minimum absolute atomic E-state index is 0. The Bertz CT molecular complexity index is 837. The number of amides is 1. The van der Waals surface area contributed by atoms with E-state index in [1.807, 2.05) is 24.3 Å². The average molecular weight is 494 g/mol. The predicted molar refractivity (Wildman–Crippen MR) is 116 cm³/mol. The predicted octanol–water partition coefficient (Wildman–Crippen LogP) is 0.831. The molecule has 0 unspecified atom stereocenters. The second kappa shape index (κ2) is 12.4. The molecule has 0 aliphatic carbocycles. The highest BCUT2D eigenvalue weighted by Gasteiger charge is 2.25. The molecular weight excluding hydrogens is 462 g/mol. The fraction of sp³-hybridized carbons (Fsp3) is 0.435. The molecule has 3 N–H and O–H groups in total. The van der Waals surface area contributed by atoms with Crippen molar-refractivity contribution in [3.8, 4) is 5.75 Å². The molecule has 0 bridgehead atoms. The summed E-state index contributed by atoms with van der Waals surface area (Å²) in [5.74, 6) is 0.628. The van der Waals surface area contributed by atoms with Gasteiger partial charge in [-0.2, -0.15) is 0 Å². The molecule has 0 aliphatic rings. The van der Waals surface area contributed by atoms with Crippen molar-refractivity contribution >= 4 is 11.6 Å². The molecule has 0 saturated carbocycles. The Hall–Kier alpha value is -2.45. The second-order valence-electron chi connectivity index (χ2n) is 7.69. The van der Waals surface area contributed by atoms with Crippen LogP contribution < -0.4 is 27.5 Å². The fourth-order valence-corrected chi connectivity index (χ4v) is 3.36. The van der Waals surface area contributed by atoms with Crippen molar-refractivity contribution in [3.05, 3.63) is 69.8 Å². The van der Waals surface area contributed by atoms with E-state index >= 15 is 0 Å². The molecule has 0 atom stereocenters. The van der Waals surface area contributed by atoms with Crippen LogP contribution in [0.1, 0.15) is 55.5 Å². The van der Waals surface area contributed by atoms with Crippen molar-refractivity contribution in [1.82, 2.24) is 4.90 Å². The van der Waals surface area contributed by atoms with Crippen molar-refractivity contribution in [2.24, 2.45) is 0 Å². The lowest BCUT2D eigenvalue weighted by Crippen LogP contribution is -3.00. The quantitative estimate of drug-likeness (QED) is 0.370.